The second kappa shape index (κ2) is 5.94. The summed E-state index contributed by atoms with van der Waals surface area (Å²) in [5.41, 5.74) is 3.80. The zero-order valence-electron chi connectivity index (χ0n) is 7.77. The molecule has 1 rings (SSSR count). The number of hydrazine groups is 1. The number of nitrogens with one attached hydrogen (secondary N) is 1. The zero-order valence-corrected chi connectivity index (χ0v) is 9.40. The van der Waals surface area contributed by atoms with Crippen molar-refractivity contribution in [2.75, 3.05) is 0 Å². The highest BCUT2D eigenvalue weighted by Crippen LogP contribution is 2.26. The van der Waals surface area contributed by atoms with Crippen molar-refractivity contribution in [3.8, 4) is 0 Å². The maximum atomic E-state index is 10.8. The Labute approximate surface area is 90.4 Å². The normalized spacial score (nSPS) is 12.4. The van der Waals surface area contributed by atoms with E-state index in [-0.39, 0.29) is 5.91 Å². The van der Waals surface area contributed by atoms with Crippen molar-refractivity contribution in [2.45, 2.75) is 29.4 Å². The Morgan fingerprint density at radius 2 is 2.64 bits per heavy atom. The number of thioether (sulfide) groups is 1. The minimum atomic E-state index is -0.130. The molecule has 1 atom stereocenters. The highest BCUT2D eigenvalue weighted by Gasteiger charge is 2.08. The van der Waals surface area contributed by atoms with E-state index in [9.17, 15) is 4.79 Å². The van der Waals surface area contributed by atoms with Crippen molar-refractivity contribution in [3.05, 3.63) is 5.51 Å². The lowest BCUT2D eigenvalue weighted by atomic mass is 10.2. The minimum absolute atomic E-state index is 0.130. The monoisotopic (exact) mass is 232 g/mol. The SMILES string of the molecule is CC(CCC(=O)NN)Sc1nncs1. The third-order valence-electron chi connectivity index (χ3n) is 1.58. The molecule has 0 radical (unpaired) electrons. The van der Waals surface area contributed by atoms with Gasteiger partial charge in [-0.15, -0.1) is 10.2 Å². The van der Waals surface area contributed by atoms with E-state index < -0.39 is 0 Å². The van der Waals surface area contributed by atoms with Crippen LogP contribution in [0.15, 0.2) is 9.85 Å². The van der Waals surface area contributed by atoms with Crippen molar-refractivity contribution in [3.63, 3.8) is 0 Å². The Kier molecular flexibility index (Phi) is 4.85. The Morgan fingerprint density at radius 1 is 1.86 bits per heavy atom. The molecule has 0 aliphatic carbocycles. The summed E-state index contributed by atoms with van der Waals surface area (Å²) < 4.78 is 0.936. The molecule has 0 saturated heterocycles. The first-order valence-electron chi connectivity index (χ1n) is 4.14. The number of nitrogens with zero attached hydrogens (tertiary/aromatic N) is 2. The maximum absolute atomic E-state index is 10.8. The van der Waals surface area contributed by atoms with E-state index in [4.69, 9.17) is 5.84 Å². The molecular weight excluding hydrogens is 220 g/mol. The fraction of sp³-hybridized carbons (Fsp3) is 0.571. The van der Waals surface area contributed by atoms with E-state index in [1.54, 1.807) is 17.3 Å². The summed E-state index contributed by atoms with van der Waals surface area (Å²) in [5.74, 6) is 4.84. The van der Waals surface area contributed by atoms with Crippen molar-refractivity contribution in [2.24, 2.45) is 5.84 Å². The van der Waals surface area contributed by atoms with Crippen LogP contribution < -0.4 is 11.3 Å². The second-order valence-corrected chi connectivity index (χ2v) is 5.26. The molecule has 1 heterocycles. The molecule has 0 saturated carbocycles. The summed E-state index contributed by atoms with van der Waals surface area (Å²) >= 11 is 3.13. The Morgan fingerprint density at radius 3 is 3.21 bits per heavy atom. The summed E-state index contributed by atoms with van der Waals surface area (Å²) in [4.78, 5) is 10.8. The second-order valence-electron chi connectivity index (χ2n) is 2.74. The van der Waals surface area contributed by atoms with Crippen molar-refractivity contribution in [1.29, 1.82) is 0 Å². The summed E-state index contributed by atoms with van der Waals surface area (Å²) in [7, 11) is 0. The van der Waals surface area contributed by atoms with Gasteiger partial charge in [0.2, 0.25) is 5.91 Å². The van der Waals surface area contributed by atoms with Gasteiger partial charge in [-0.2, -0.15) is 0 Å². The molecule has 5 nitrogen and oxygen atoms in total. The number of carbonyl (C=O) groups excluding carboxylic acids is 1. The predicted octanol–water partition coefficient (Wildman–Crippen LogP) is 0.789. The van der Waals surface area contributed by atoms with Gasteiger partial charge in [0, 0.05) is 11.7 Å². The maximum Gasteiger partial charge on any atom is 0.233 e. The first kappa shape index (κ1) is 11.4. The molecule has 7 heteroatoms. The van der Waals surface area contributed by atoms with E-state index in [0.717, 1.165) is 10.8 Å². The Bertz CT molecular complexity index is 277. The van der Waals surface area contributed by atoms with Gasteiger partial charge in [-0.1, -0.05) is 30.0 Å². The number of carbonyl (C=O) groups is 1. The average Bonchev–Trinajstić information content (AvgIpc) is 2.66. The van der Waals surface area contributed by atoms with Crippen molar-refractivity contribution < 1.29 is 4.79 Å². The van der Waals surface area contributed by atoms with Crippen LogP contribution in [0, 0.1) is 0 Å². The highest BCUT2D eigenvalue weighted by molar-refractivity contribution is 8.01. The lowest BCUT2D eigenvalue weighted by Gasteiger charge is -2.06. The van der Waals surface area contributed by atoms with Gasteiger partial charge in [0.25, 0.3) is 0 Å². The van der Waals surface area contributed by atoms with Crippen molar-refractivity contribution in [1.82, 2.24) is 15.6 Å². The number of nitrogens with two attached hydrogens (primary N) is 1. The van der Waals surface area contributed by atoms with Crippen LogP contribution in [0.25, 0.3) is 0 Å². The van der Waals surface area contributed by atoms with Crippen LogP contribution in [0.4, 0.5) is 0 Å². The van der Waals surface area contributed by atoms with Crippen LogP contribution in [0.5, 0.6) is 0 Å². The molecule has 78 valence electrons. The van der Waals surface area contributed by atoms with E-state index in [0.29, 0.717) is 11.7 Å². The highest BCUT2D eigenvalue weighted by atomic mass is 32.2. The van der Waals surface area contributed by atoms with Gasteiger partial charge in [-0.05, 0) is 6.42 Å². The molecule has 0 aliphatic rings. The average molecular weight is 232 g/mol. The molecule has 3 N–H and O–H groups in total. The number of hydrogen-bond donors (Lipinski definition) is 2. The molecule has 0 aromatic carbocycles. The molecule has 1 aromatic rings. The fourth-order valence-electron chi connectivity index (χ4n) is 0.852. The number of rotatable bonds is 5. The molecule has 0 spiro atoms. The third kappa shape index (κ3) is 4.03. The fourth-order valence-corrected chi connectivity index (χ4v) is 2.65. The molecule has 1 aromatic heterocycles. The summed E-state index contributed by atoms with van der Waals surface area (Å²) in [5, 5.41) is 7.99. The quantitative estimate of drug-likeness (QED) is 0.339. The predicted molar refractivity (Wildman–Crippen MR) is 56.8 cm³/mol. The van der Waals surface area contributed by atoms with Crippen LogP contribution in [-0.2, 0) is 4.79 Å². The lowest BCUT2D eigenvalue weighted by molar-refractivity contribution is -0.121. The van der Waals surface area contributed by atoms with E-state index in [2.05, 4.69) is 22.5 Å². The van der Waals surface area contributed by atoms with Gasteiger partial charge >= 0.3 is 0 Å². The van der Waals surface area contributed by atoms with Gasteiger partial charge < -0.3 is 0 Å². The largest absolute Gasteiger partial charge is 0.294 e. The number of aromatic nitrogens is 2. The topological polar surface area (TPSA) is 80.9 Å². The van der Waals surface area contributed by atoms with Crippen LogP contribution in [-0.4, -0.2) is 21.4 Å². The van der Waals surface area contributed by atoms with E-state index >= 15 is 0 Å². The van der Waals surface area contributed by atoms with Gasteiger partial charge in [-0.3, -0.25) is 10.2 Å². The van der Waals surface area contributed by atoms with Gasteiger partial charge in [0.1, 0.15) is 5.51 Å². The Hall–Kier alpha value is -0.660. The lowest BCUT2D eigenvalue weighted by Crippen LogP contribution is -2.30. The Balaban J connectivity index is 2.22. The minimum Gasteiger partial charge on any atom is -0.294 e. The summed E-state index contributed by atoms with van der Waals surface area (Å²) in [6, 6.07) is 0. The van der Waals surface area contributed by atoms with Gasteiger partial charge in [-0.25, -0.2) is 5.84 Å². The number of hydrogen-bond acceptors (Lipinski definition) is 6. The van der Waals surface area contributed by atoms with Crippen LogP contribution >= 0.6 is 23.1 Å². The standard InChI is InChI=1S/C7H12N4OS2/c1-5(2-3-6(12)10-8)14-7-11-9-4-13-7/h4-5H,2-3,8H2,1H3,(H,10,12). The molecule has 14 heavy (non-hydrogen) atoms. The summed E-state index contributed by atoms with van der Waals surface area (Å²) in [6.45, 7) is 2.05. The summed E-state index contributed by atoms with van der Waals surface area (Å²) in [6.07, 6.45) is 1.23. The molecular formula is C7H12N4OS2. The van der Waals surface area contributed by atoms with Gasteiger partial charge in [0.05, 0.1) is 0 Å². The number of amides is 1. The van der Waals surface area contributed by atoms with Crippen LogP contribution in [0.1, 0.15) is 19.8 Å². The molecule has 0 fully saturated rings. The first-order valence-corrected chi connectivity index (χ1v) is 5.90. The molecule has 0 bridgehead atoms. The first-order chi connectivity index (χ1) is 6.72. The molecule has 0 aliphatic heterocycles. The van der Waals surface area contributed by atoms with Crippen molar-refractivity contribution >= 4 is 29.0 Å². The third-order valence-corrected chi connectivity index (χ3v) is 3.56. The van der Waals surface area contributed by atoms with Crippen LogP contribution in [0.3, 0.4) is 0 Å². The van der Waals surface area contributed by atoms with E-state index in [1.165, 1.54) is 11.3 Å². The molecule has 1 unspecified atom stereocenters. The van der Waals surface area contributed by atoms with Crippen LogP contribution in [0.2, 0.25) is 0 Å². The van der Waals surface area contributed by atoms with Gasteiger partial charge in [0.15, 0.2) is 4.34 Å². The zero-order chi connectivity index (χ0) is 10.4. The smallest absolute Gasteiger partial charge is 0.233 e. The molecule has 1 amide bonds. The van der Waals surface area contributed by atoms with E-state index in [1.807, 2.05) is 0 Å².